The van der Waals surface area contributed by atoms with E-state index in [0.717, 1.165) is 17.5 Å². The molecular weight excluding hydrogens is 532 g/mol. The van der Waals surface area contributed by atoms with Crippen molar-refractivity contribution in [2.75, 3.05) is 0 Å². The molecule has 0 unspecified atom stereocenters. The monoisotopic (exact) mass is 549 g/mol. The molecule has 0 N–H and O–H groups in total. The summed E-state index contributed by atoms with van der Waals surface area (Å²) < 4.78 is 35.7. The Bertz CT molecular complexity index is 1780. The van der Waals surface area contributed by atoms with Crippen LogP contribution in [0.4, 0.5) is 8.78 Å². The third-order valence-electron chi connectivity index (χ3n) is 6.24. The van der Waals surface area contributed by atoms with Gasteiger partial charge in [-0.15, -0.1) is 5.10 Å². The highest BCUT2D eigenvalue weighted by molar-refractivity contribution is 6.31. The zero-order valence-electron chi connectivity index (χ0n) is 20.2. The summed E-state index contributed by atoms with van der Waals surface area (Å²) in [6, 6.07) is 5.39. The third kappa shape index (κ3) is 4.50. The van der Waals surface area contributed by atoms with E-state index >= 15 is 4.39 Å². The molecule has 196 valence electrons. The summed E-state index contributed by atoms with van der Waals surface area (Å²) in [5.74, 6) is -1.24. The average Bonchev–Trinajstić information content (AvgIpc) is 3.73. The van der Waals surface area contributed by atoms with E-state index in [-0.39, 0.29) is 28.4 Å². The molecule has 6 rings (SSSR count). The highest BCUT2D eigenvalue weighted by Crippen LogP contribution is 2.33. The minimum Gasteiger partial charge on any atom is -0.618 e. The normalized spacial score (nSPS) is 12.2. The van der Waals surface area contributed by atoms with Crippen molar-refractivity contribution >= 4 is 11.6 Å². The Morgan fingerprint density at radius 2 is 1.90 bits per heavy atom. The molecule has 39 heavy (non-hydrogen) atoms. The average molecular weight is 550 g/mol. The lowest BCUT2D eigenvalue weighted by Crippen LogP contribution is -2.37. The van der Waals surface area contributed by atoms with Crippen LogP contribution in [-0.4, -0.2) is 49.3 Å². The van der Waals surface area contributed by atoms with E-state index in [2.05, 4.69) is 30.7 Å². The quantitative estimate of drug-likeness (QED) is 0.221. The van der Waals surface area contributed by atoms with Crippen LogP contribution >= 0.6 is 11.6 Å². The number of halogens is 3. The number of imidazole rings is 1. The summed E-state index contributed by atoms with van der Waals surface area (Å²) in [6.45, 7) is 0.0966. The first-order valence-electron chi connectivity index (χ1n) is 11.5. The van der Waals surface area contributed by atoms with Gasteiger partial charge >= 0.3 is 0 Å². The van der Waals surface area contributed by atoms with Crippen molar-refractivity contribution in [1.82, 2.24) is 49.3 Å². The lowest BCUT2D eigenvalue weighted by molar-refractivity contribution is -0.615. The SMILES string of the molecule is Cn1cncc1-c1cnn([C@H](Cn2cc(F)cn2)c2ccc(-c3c(-n4cnnn4)ccc(Cl)c3F)c[n+]2[O-])c1. The number of hydrogen-bond donors (Lipinski definition) is 0. The Morgan fingerprint density at radius 3 is 2.59 bits per heavy atom. The van der Waals surface area contributed by atoms with Gasteiger partial charge in [-0.05, 0) is 28.6 Å². The number of nitrogens with zero attached hydrogens (tertiary/aromatic N) is 11. The maximum absolute atomic E-state index is 15.3. The lowest BCUT2D eigenvalue weighted by atomic mass is 10.0. The first kappa shape index (κ1) is 24.4. The Hall–Kier alpha value is -4.98. The van der Waals surface area contributed by atoms with Gasteiger partial charge < -0.3 is 9.77 Å². The molecule has 0 saturated carbocycles. The molecule has 12 nitrogen and oxygen atoms in total. The fourth-order valence-corrected chi connectivity index (χ4v) is 4.54. The van der Waals surface area contributed by atoms with E-state index < -0.39 is 17.7 Å². The predicted molar refractivity (Wildman–Crippen MR) is 133 cm³/mol. The van der Waals surface area contributed by atoms with E-state index in [0.29, 0.717) is 10.4 Å². The van der Waals surface area contributed by atoms with Crippen molar-refractivity contribution in [3.63, 3.8) is 0 Å². The molecular formula is C24H18ClF2N11O. The molecule has 0 amide bonds. The molecule has 0 saturated heterocycles. The first-order chi connectivity index (χ1) is 18.9. The van der Waals surface area contributed by atoms with Gasteiger partial charge in [-0.3, -0.25) is 9.36 Å². The summed E-state index contributed by atoms with van der Waals surface area (Å²) in [5.41, 5.74) is 2.45. The Morgan fingerprint density at radius 1 is 1.03 bits per heavy atom. The van der Waals surface area contributed by atoms with Crippen LogP contribution in [0.2, 0.25) is 5.02 Å². The molecule has 0 bridgehead atoms. The summed E-state index contributed by atoms with van der Waals surface area (Å²) >= 11 is 6.07. The van der Waals surface area contributed by atoms with Crippen LogP contribution in [0.5, 0.6) is 0 Å². The minimum absolute atomic E-state index is 0.0502. The van der Waals surface area contributed by atoms with Crippen molar-refractivity contribution in [2.45, 2.75) is 12.6 Å². The maximum atomic E-state index is 15.3. The van der Waals surface area contributed by atoms with Crippen molar-refractivity contribution < 1.29 is 13.5 Å². The number of hydrogen-bond acceptors (Lipinski definition) is 7. The van der Waals surface area contributed by atoms with Crippen LogP contribution in [0, 0.1) is 16.8 Å². The minimum atomic E-state index is -0.728. The van der Waals surface area contributed by atoms with E-state index in [1.165, 1.54) is 34.2 Å². The highest BCUT2D eigenvalue weighted by atomic mass is 35.5. The number of pyridine rings is 1. The third-order valence-corrected chi connectivity index (χ3v) is 6.53. The molecule has 0 fully saturated rings. The molecule has 0 radical (unpaired) electrons. The summed E-state index contributed by atoms with van der Waals surface area (Å²) in [6.07, 6.45) is 11.6. The maximum Gasteiger partial charge on any atom is 0.219 e. The van der Waals surface area contributed by atoms with E-state index in [1.807, 2.05) is 11.6 Å². The Balaban J connectivity index is 1.44. The fraction of sp³-hybridized carbons (Fsp3) is 0.125. The largest absolute Gasteiger partial charge is 0.618 e. The molecule has 0 spiro atoms. The number of benzene rings is 1. The molecule has 5 heterocycles. The molecule has 0 aliphatic rings. The Kier molecular flexibility index (Phi) is 6.07. The van der Waals surface area contributed by atoms with Gasteiger partial charge in [0.2, 0.25) is 5.69 Å². The van der Waals surface area contributed by atoms with Crippen molar-refractivity contribution in [3.8, 4) is 28.1 Å². The molecule has 0 aliphatic carbocycles. The van der Waals surface area contributed by atoms with Crippen LogP contribution < -0.4 is 4.73 Å². The fourth-order valence-electron chi connectivity index (χ4n) is 4.38. The zero-order chi connectivity index (χ0) is 27.1. The summed E-state index contributed by atoms with van der Waals surface area (Å²) in [5, 5.41) is 32.9. The molecule has 1 aromatic carbocycles. The van der Waals surface area contributed by atoms with Crippen molar-refractivity contribution in [1.29, 1.82) is 0 Å². The van der Waals surface area contributed by atoms with Crippen LogP contribution in [0.25, 0.3) is 28.1 Å². The number of tetrazole rings is 1. The summed E-state index contributed by atoms with van der Waals surface area (Å²) in [7, 11) is 1.85. The highest BCUT2D eigenvalue weighted by Gasteiger charge is 2.27. The molecule has 6 aromatic rings. The van der Waals surface area contributed by atoms with Crippen molar-refractivity contribution in [3.05, 3.63) is 102 Å². The molecule has 15 heteroatoms. The van der Waals surface area contributed by atoms with E-state index in [9.17, 15) is 9.60 Å². The van der Waals surface area contributed by atoms with Gasteiger partial charge in [-0.2, -0.15) is 19.6 Å². The second-order valence-electron chi connectivity index (χ2n) is 8.67. The van der Waals surface area contributed by atoms with Gasteiger partial charge in [0.25, 0.3) is 0 Å². The Labute approximate surface area is 223 Å². The van der Waals surface area contributed by atoms with Crippen LogP contribution in [0.1, 0.15) is 11.7 Å². The molecule has 1 atom stereocenters. The topological polar surface area (TPSA) is 124 Å². The molecule has 0 aliphatic heterocycles. The van der Waals surface area contributed by atoms with Gasteiger partial charge in [0, 0.05) is 24.9 Å². The number of aromatic nitrogens is 11. The standard InChI is InChI=1S/C24H18ClF2N11O/c1-34-13-28-8-21(34)16-6-31-36(9-16)22(12-35-11-17(26)7-30-35)19-4-2-15(10-38(19)39)23-20(37-14-29-32-33-37)5-3-18(25)24(23)27/h2-11,13-14,22H,12H2,1H3/t22-/m1/s1. The second-order valence-corrected chi connectivity index (χ2v) is 9.08. The van der Waals surface area contributed by atoms with Crippen LogP contribution in [0.15, 0.2) is 74.1 Å². The van der Waals surface area contributed by atoms with Gasteiger partial charge in [0.1, 0.15) is 6.33 Å². The first-order valence-corrected chi connectivity index (χ1v) is 11.9. The van der Waals surface area contributed by atoms with E-state index in [4.69, 9.17) is 11.6 Å². The van der Waals surface area contributed by atoms with Gasteiger partial charge in [0.05, 0.1) is 65.2 Å². The zero-order valence-corrected chi connectivity index (χ0v) is 20.9. The van der Waals surface area contributed by atoms with E-state index in [1.54, 1.807) is 47.8 Å². The van der Waals surface area contributed by atoms with Gasteiger partial charge in [-0.1, -0.05) is 11.6 Å². The predicted octanol–water partition coefficient (Wildman–Crippen LogP) is 2.98. The van der Waals surface area contributed by atoms with Gasteiger partial charge in [-0.25, -0.2) is 13.8 Å². The van der Waals surface area contributed by atoms with Crippen LogP contribution in [0.3, 0.4) is 0 Å². The van der Waals surface area contributed by atoms with Crippen molar-refractivity contribution in [2.24, 2.45) is 7.05 Å². The molecule has 5 aromatic heterocycles. The number of rotatable bonds is 7. The summed E-state index contributed by atoms with van der Waals surface area (Å²) in [4.78, 5) is 4.13. The lowest BCUT2D eigenvalue weighted by Gasteiger charge is -2.18. The van der Waals surface area contributed by atoms with Crippen LogP contribution in [-0.2, 0) is 13.6 Å². The number of aryl methyl sites for hydroxylation is 1. The second kappa shape index (κ2) is 9.72. The smallest absolute Gasteiger partial charge is 0.219 e. The van der Waals surface area contributed by atoms with Gasteiger partial charge in [0.15, 0.2) is 23.9 Å².